The second-order valence-electron chi connectivity index (χ2n) is 28.8. The van der Waals surface area contributed by atoms with Crippen molar-refractivity contribution in [2.45, 2.75) is 401 Å². The lowest BCUT2D eigenvalue weighted by atomic mass is 9.96. The number of hydrogen-bond donors (Lipinski definition) is 12. The van der Waals surface area contributed by atoms with Gasteiger partial charge in [-0.1, -0.05) is 297 Å². The molecule has 0 aliphatic carbocycles. The summed E-state index contributed by atoms with van der Waals surface area (Å²) < 4.78 is 34.4. The Morgan fingerprint density at radius 1 is 0.359 bits per heavy atom. The number of nitrogens with one attached hydrogen (secondary N) is 1. The zero-order valence-corrected chi connectivity index (χ0v) is 63.8. The molecule has 0 aromatic heterocycles. The van der Waals surface area contributed by atoms with E-state index in [-0.39, 0.29) is 18.9 Å². The Morgan fingerprint density at radius 3 is 1.09 bits per heavy atom. The van der Waals surface area contributed by atoms with E-state index in [1.54, 1.807) is 6.08 Å². The third-order valence-corrected chi connectivity index (χ3v) is 19.8. The van der Waals surface area contributed by atoms with Crippen LogP contribution in [0.25, 0.3) is 0 Å². The summed E-state index contributed by atoms with van der Waals surface area (Å²) in [6.45, 7) is 1.62. The predicted octanol–water partition coefficient (Wildman–Crippen LogP) is 14.0. The zero-order valence-electron chi connectivity index (χ0n) is 63.8. The van der Waals surface area contributed by atoms with E-state index in [4.69, 9.17) is 28.4 Å². The molecule has 0 bridgehead atoms. The maximum atomic E-state index is 13.5. The second-order valence-corrected chi connectivity index (χ2v) is 28.8. The van der Waals surface area contributed by atoms with Crippen molar-refractivity contribution in [3.8, 4) is 0 Å². The van der Waals surface area contributed by atoms with Gasteiger partial charge in [-0.3, -0.25) is 4.79 Å². The van der Waals surface area contributed by atoms with Crippen LogP contribution in [0, 0.1) is 0 Å². The molecule has 0 aromatic carbocycles. The highest BCUT2D eigenvalue weighted by Gasteiger charge is 2.54. The van der Waals surface area contributed by atoms with E-state index in [1.165, 1.54) is 173 Å². The average Bonchev–Trinajstić information content (AvgIpc) is 0.781. The van der Waals surface area contributed by atoms with Crippen LogP contribution in [-0.4, -0.2) is 193 Å². The van der Waals surface area contributed by atoms with Crippen molar-refractivity contribution in [2.75, 3.05) is 26.4 Å². The third-order valence-electron chi connectivity index (χ3n) is 19.8. The number of carbonyl (C=O) groups excluding carboxylic acids is 1. The molecular formula is C84H147NO18. The lowest BCUT2D eigenvalue weighted by molar-refractivity contribution is -0.379. The highest BCUT2D eigenvalue weighted by atomic mass is 16.8. The number of amides is 1. The number of unbranched alkanes of at least 4 members (excludes halogenated alkanes) is 34. The van der Waals surface area contributed by atoms with E-state index in [0.29, 0.717) is 12.8 Å². The van der Waals surface area contributed by atoms with Crippen LogP contribution >= 0.6 is 0 Å². The molecule has 17 unspecified atom stereocenters. The van der Waals surface area contributed by atoms with Gasteiger partial charge >= 0.3 is 0 Å². The van der Waals surface area contributed by atoms with Gasteiger partial charge in [0, 0.05) is 6.42 Å². The van der Waals surface area contributed by atoms with Gasteiger partial charge in [0.1, 0.15) is 73.2 Å². The number of carbonyl (C=O) groups is 1. The Bertz CT molecular complexity index is 2240. The smallest absolute Gasteiger partial charge is 0.220 e. The second kappa shape index (κ2) is 63.6. The Labute approximate surface area is 622 Å². The highest BCUT2D eigenvalue weighted by molar-refractivity contribution is 5.76. The number of rotatable bonds is 64. The number of aliphatic hydroxyl groups is 11. The first-order chi connectivity index (χ1) is 50.3. The number of hydrogen-bond acceptors (Lipinski definition) is 18. The van der Waals surface area contributed by atoms with Gasteiger partial charge < -0.3 is 89.9 Å². The van der Waals surface area contributed by atoms with Crippen LogP contribution in [0.4, 0.5) is 0 Å². The molecule has 3 fully saturated rings. The molecule has 1 amide bonds. The molecule has 19 nitrogen and oxygen atoms in total. The van der Waals surface area contributed by atoms with Gasteiger partial charge in [-0.05, 0) is 89.9 Å². The first kappa shape index (κ1) is 93.9. The van der Waals surface area contributed by atoms with Crippen molar-refractivity contribution in [1.82, 2.24) is 5.32 Å². The molecule has 3 heterocycles. The maximum absolute atomic E-state index is 13.5. The fourth-order valence-corrected chi connectivity index (χ4v) is 13.3. The fraction of sp³-hybridized carbons (Fsp3) is 0.798. The number of aliphatic hydroxyl groups excluding tert-OH is 11. The molecule has 0 radical (unpaired) electrons. The molecule has 0 aromatic rings. The normalized spacial score (nSPS) is 26.6. The monoisotopic (exact) mass is 1460 g/mol. The zero-order chi connectivity index (χ0) is 74.6. The summed E-state index contributed by atoms with van der Waals surface area (Å²) in [7, 11) is 0. The molecule has 103 heavy (non-hydrogen) atoms. The van der Waals surface area contributed by atoms with Gasteiger partial charge in [0.2, 0.25) is 5.91 Å². The van der Waals surface area contributed by atoms with Crippen molar-refractivity contribution in [2.24, 2.45) is 0 Å². The minimum Gasteiger partial charge on any atom is -0.394 e. The molecule has 3 saturated heterocycles. The first-order valence-electron chi connectivity index (χ1n) is 41.0. The van der Waals surface area contributed by atoms with Crippen molar-refractivity contribution in [1.29, 1.82) is 0 Å². The molecule has 596 valence electrons. The van der Waals surface area contributed by atoms with Gasteiger partial charge in [0.15, 0.2) is 18.9 Å². The lowest BCUT2D eigenvalue weighted by Gasteiger charge is -2.48. The van der Waals surface area contributed by atoms with Crippen molar-refractivity contribution >= 4 is 5.91 Å². The maximum Gasteiger partial charge on any atom is 0.220 e. The summed E-state index contributed by atoms with van der Waals surface area (Å²) in [4.78, 5) is 13.5. The summed E-state index contributed by atoms with van der Waals surface area (Å²) in [5, 5.41) is 121. The van der Waals surface area contributed by atoms with Crippen LogP contribution < -0.4 is 5.32 Å². The quantitative estimate of drug-likeness (QED) is 0.0199. The molecule has 3 rings (SSSR count). The van der Waals surface area contributed by atoms with Crippen molar-refractivity contribution in [3.63, 3.8) is 0 Å². The summed E-state index contributed by atoms with van der Waals surface area (Å²) >= 11 is 0. The molecule has 3 aliphatic heterocycles. The van der Waals surface area contributed by atoms with Crippen LogP contribution in [0.5, 0.6) is 0 Å². The van der Waals surface area contributed by atoms with Gasteiger partial charge in [-0.15, -0.1) is 0 Å². The summed E-state index contributed by atoms with van der Waals surface area (Å²) in [6.07, 6.45) is 59.7. The van der Waals surface area contributed by atoms with Crippen LogP contribution in [0.2, 0.25) is 0 Å². The van der Waals surface area contributed by atoms with E-state index in [9.17, 15) is 61.0 Å². The molecule has 3 aliphatic rings. The lowest BCUT2D eigenvalue weighted by Crippen LogP contribution is -2.66. The van der Waals surface area contributed by atoms with Crippen molar-refractivity contribution in [3.05, 3.63) is 97.2 Å². The summed E-state index contributed by atoms with van der Waals surface area (Å²) in [5.74, 6) is -0.292. The van der Waals surface area contributed by atoms with Crippen LogP contribution in [0.3, 0.4) is 0 Å². The van der Waals surface area contributed by atoms with E-state index < -0.39 is 124 Å². The predicted molar refractivity (Wildman–Crippen MR) is 411 cm³/mol. The van der Waals surface area contributed by atoms with E-state index in [2.05, 4.69) is 104 Å². The number of allylic oxidation sites excluding steroid dienone is 15. The van der Waals surface area contributed by atoms with Gasteiger partial charge in [-0.25, -0.2) is 0 Å². The molecule has 19 heteroatoms. The SMILES string of the molecule is CC/C=C\C/C=C\C/C=C\C/C=C\C/C=C\CCCCCCCCCCCCCCCC(=O)NC(COC1OC(CO)C(OC2OC(CO)C(OC3OC(CO)C(O)C(O)C3O)C(O)C2O)C(O)C1O)C(O)/C=C/CC/C=C/CC/C=C/CCCCCCCCCCCCCCCCCCCCC. The minimum absolute atomic E-state index is 0.225. The van der Waals surface area contributed by atoms with Gasteiger partial charge in [0.25, 0.3) is 0 Å². The summed E-state index contributed by atoms with van der Waals surface area (Å²) in [5.41, 5.74) is 0. The molecule has 12 N–H and O–H groups in total. The Hall–Kier alpha value is -3.29. The third kappa shape index (κ3) is 43.5. The van der Waals surface area contributed by atoms with Crippen molar-refractivity contribution < 1.29 is 89.4 Å². The largest absolute Gasteiger partial charge is 0.394 e. The van der Waals surface area contributed by atoms with Crippen LogP contribution in [-0.2, 0) is 33.2 Å². The van der Waals surface area contributed by atoms with Gasteiger partial charge in [-0.2, -0.15) is 0 Å². The standard InChI is InChI=1S/C84H147NO18/c1-3-5-7-9-11-13-15-17-19-21-23-25-27-29-31-33-35-37-39-41-43-45-47-49-51-53-55-57-59-61-68(89)67(85-72(90)62-60-58-56-54-52-50-48-46-44-42-40-38-36-34-32-30-28-26-24-22-20-18-16-14-12-10-8-6-4-2)66-98-82-78(96)75(93)80(70(64-87)100-82)103-84-79(97)76(94)81(71(65-88)101-84)102-83-77(95)74(92)73(91)69(63-86)99-83/h6,8,12,14,18,20,24,26,30,32,43,45,51,53,59,61,67-71,73-84,86-89,91-97H,3-5,7,9-11,13,15-17,19,21-23,25,27-29,31,33-42,44,46-50,52,54-58,60,62-66H2,1-2H3,(H,85,90)/b8-6-,14-12-,20-18-,26-24-,32-30-,45-43+,53-51+,61-59+. The minimum atomic E-state index is -1.99. The topological polar surface area (TPSA) is 307 Å². The number of ether oxygens (including phenoxy) is 6. The van der Waals surface area contributed by atoms with Crippen LogP contribution in [0.1, 0.15) is 296 Å². The van der Waals surface area contributed by atoms with E-state index in [1.807, 2.05) is 6.08 Å². The Balaban J connectivity index is 1.39. The average molecular weight is 1460 g/mol. The molecule has 0 spiro atoms. The van der Waals surface area contributed by atoms with E-state index >= 15 is 0 Å². The molecular weight excluding hydrogens is 1310 g/mol. The highest BCUT2D eigenvalue weighted by Crippen LogP contribution is 2.33. The fourth-order valence-electron chi connectivity index (χ4n) is 13.3. The molecule has 17 atom stereocenters. The molecule has 0 saturated carbocycles. The van der Waals surface area contributed by atoms with Gasteiger partial charge in [0.05, 0.1) is 38.6 Å². The first-order valence-corrected chi connectivity index (χ1v) is 41.0. The Morgan fingerprint density at radius 2 is 0.680 bits per heavy atom. The van der Waals surface area contributed by atoms with E-state index in [0.717, 1.165) is 89.9 Å². The summed E-state index contributed by atoms with van der Waals surface area (Å²) in [6, 6.07) is -1.00. The van der Waals surface area contributed by atoms with Crippen LogP contribution in [0.15, 0.2) is 97.2 Å². The Kier molecular flexibility index (Phi) is 58.0.